The molecule has 0 radical (unpaired) electrons. The van der Waals surface area contributed by atoms with Crippen molar-refractivity contribution in [3.63, 3.8) is 0 Å². The topological polar surface area (TPSA) is 120 Å². The van der Waals surface area contributed by atoms with Crippen LogP contribution >= 0.6 is 0 Å². The Morgan fingerprint density at radius 3 is 3.00 bits per heavy atom. The summed E-state index contributed by atoms with van der Waals surface area (Å²) in [5.41, 5.74) is 4.37. The molecule has 2 aliphatic rings. The number of ether oxygens (including phenoxy) is 2. The molecule has 2 bridgehead atoms. The first-order valence-electron chi connectivity index (χ1n) is 5.96. The molecule has 8 heteroatoms. The van der Waals surface area contributed by atoms with Crippen LogP contribution in [-0.4, -0.2) is 45.6 Å². The molecular weight excluding hydrogens is 254 g/mol. The van der Waals surface area contributed by atoms with Crippen LogP contribution < -0.4 is 17.0 Å². The summed E-state index contributed by atoms with van der Waals surface area (Å²) in [5.74, 6) is 0. The molecule has 0 aliphatic carbocycles. The number of hydrogen-bond donors (Lipinski definition) is 3. The molecule has 1 aromatic rings. The maximum atomic E-state index is 11.8. The van der Waals surface area contributed by atoms with E-state index >= 15 is 0 Å². The number of aliphatic hydroxyl groups is 1. The maximum absolute atomic E-state index is 11.8. The van der Waals surface area contributed by atoms with E-state index < -0.39 is 35.2 Å². The highest BCUT2D eigenvalue weighted by Crippen LogP contribution is 2.42. The number of nitrogens with one attached hydrogen (secondary N) is 1. The van der Waals surface area contributed by atoms with Gasteiger partial charge in [0.2, 0.25) is 0 Å². The van der Waals surface area contributed by atoms with E-state index in [1.54, 1.807) is 6.92 Å². The molecule has 0 amide bonds. The number of aromatic nitrogens is 2. The van der Waals surface area contributed by atoms with Gasteiger partial charge in [0.05, 0.1) is 19.3 Å². The van der Waals surface area contributed by atoms with Crippen LogP contribution in [0.1, 0.15) is 11.8 Å². The van der Waals surface area contributed by atoms with E-state index in [1.807, 2.05) is 0 Å². The van der Waals surface area contributed by atoms with Crippen LogP contribution in [0, 0.1) is 6.92 Å². The Labute approximate surface area is 107 Å². The van der Waals surface area contributed by atoms with Gasteiger partial charge in [-0.2, -0.15) is 0 Å². The number of fused-ring (bicyclic) bond motifs is 2. The number of rotatable bonds is 2. The van der Waals surface area contributed by atoms with E-state index in [2.05, 4.69) is 4.98 Å². The number of H-pyrrole nitrogens is 1. The minimum Gasteiger partial charge on any atom is -0.393 e. The van der Waals surface area contributed by atoms with Gasteiger partial charge >= 0.3 is 5.69 Å². The lowest BCUT2D eigenvalue weighted by molar-refractivity contribution is -0.185. The minimum absolute atomic E-state index is 0.197. The predicted molar refractivity (Wildman–Crippen MR) is 63.7 cm³/mol. The monoisotopic (exact) mass is 269 g/mol. The number of hydrogen-bond acceptors (Lipinski definition) is 6. The summed E-state index contributed by atoms with van der Waals surface area (Å²) in [7, 11) is 0. The molecule has 19 heavy (non-hydrogen) atoms. The third kappa shape index (κ3) is 1.61. The normalized spacial score (nSPS) is 36.9. The third-order valence-corrected chi connectivity index (χ3v) is 3.81. The van der Waals surface area contributed by atoms with Crippen molar-refractivity contribution >= 4 is 0 Å². The van der Waals surface area contributed by atoms with Crippen molar-refractivity contribution in [2.24, 2.45) is 5.73 Å². The molecule has 0 saturated carbocycles. The molecule has 2 aliphatic heterocycles. The van der Waals surface area contributed by atoms with E-state index in [0.29, 0.717) is 5.56 Å². The average Bonchev–Trinajstić information content (AvgIpc) is 2.85. The number of aromatic amines is 1. The lowest BCUT2D eigenvalue weighted by Crippen LogP contribution is -2.48. The summed E-state index contributed by atoms with van der Waals surface area (Å²) in [5, 5.41) is 9.42. The van der Waals surface area contributed by atoms with Crippen molar-refractivity contribution < 1.29 is 14.6 Å². The number of aliphatic hydroxyl groups excluding tert-OH is 1. The van der Waals surface area contributed by atoms with E-state index in [9.17, 15) is 14.7 Å². The van der Waals surface area contributed by atoms with Gasteiger partial charge in [-0.3, -0.25) is 14.3 Å². The van der Waals surface area contributed by atoms with Crippen LogP contribution in [0.15, 0.2) is 15.8 Å². The molecule has 3 heterocycles. The van der Waals surface area contributed by atoms with Gasteiger partial charge in [0.25, 0.3) is 5.56 Å². The highest BCUT2D eigenvalue weighted by atomic mass is 16.6. The second kappa shape index (κ2) is 4.01. The Morgan fingerprint density at radius 1 is 1.63 bits per heavy atom. The lowest BCUT2D eigenvalue weighted by Gasteiger charge is -2.29. The second-order valence-corrected chi connectivity index (χ2v) is 5.01. The largest absolute Gasteiger partial charge is 0.393 e. The number of nitrogens with zero attached hydrogens (tertiary/aromatic N) is 1. The van der Waals surface area contributed by atoms with Gasteiger partial charge in [-0.05, 0) is 6.92 Å². The third-order valence-electron chi connectivity index (χ3n) is 3.81. The molecule has 4 N–H and O–H groups in total. The fraction of sp³-hybridized carbons (Fsp3) is 0.636. The van der Waals surface area contributed by atoms with Crippen molar-refractivity contribution in [3.8, 4) is 0 Å². The molecule has 2 fully saturated rings. The predicted octanol–water partition coefficient (Wildman–Crippen LogP) is -2.17. The molecule has 4 atom stereocenters. The average molecular weight is 269 g/mol. The van der Waals surface area contributed by atoms with Crippen LogP contribution in [0.3, 0.4) is 0 Å². The fourth-order valence-corrected chi connectivity index (χ4v) is 2.59. The highest BCUT2D eigenvalue weighted by molar-refractivity contribution is 5.11. The summed E-state index contributed by atoms with van der Waals surface area (Å²) >= 11 is 0. The van der Waals surface area contributed by atoms with Gasteiger partial charge in [-0.25, -0.2) is 4.79 Å². The molecular formula is C11H15N3O5. The van der Waals surface area contributed by atoms with E-state index in [4.69, 9.17) is 15.2 Å². The van der Waals surface area contributed by atoms with Crippen LogP contribution in [0.2, 0.25) is 0 Å². The second-order valence-electron chi connectivity index (χ2n) is 5.01. The molecule has 1 aromatic heterocycles. The van der Waals surface area contributed by atoms with E-state index in [-0.39, 0.29) is 13.2 Å². The molecule has 0 aromatic carbocycles. The summed E-state index contributed by atoms with van der Waals surface area (Å²) < 4.78 is 12.4. The zero-order valence-corrected chi connectivity index (χ0v) is 10.3. The number of nitrogens with two attached hydrogens (primary N) is 1. The Kier molecular flexibility index (Phi) is 2.65. The van der Waals surface area contributed by atoms with Gasteiger partial charge < -0.3 is 20.3 Å². The van der Waals surface area contributed by atoms with Crippen molar-refractivity contribution in [2.75, 3.05) is 13.2 Å². The van der Waals surface area contributed by atoms with Gasteiger partial charge in [0, 0.05) is 11.8 Å². The smallest absolute Gasteiger partial charge is 0.330 e. The Bertz CT molecular complexity index is 623. The summed E-state index contributed by atoms with van der Waals surface area (Å²) in [6.07, 6.45) is 0.155. The summed E-state index contributed by atoms with van der Waals surface area (Å²) in [6, 6.07) is -0.512. The van der Waals surface area contributed by atoms with Crippen LogP contribution in [-0.2, 0) is 9.47 Å². The quantitative estimate of drug-likeness (QED) is 0.562. The molecule has 8 nitrogen and oxygen atoms in total. The van der Waals surface area contributed by atoms with Crippen LogP contribution in [0.25, 0.3) is 0 Å². The molecule has 3 rings (SSSR count). The van der Waals surface area contributed by atoms with Crippen molar-refractivity contribution in [1.82, 2.24) is 9.55 Å². The Hall–Kier alpha value is -1.48. The van der Waals surface area contributed by atoms with Crippen molar-refractivity contribution in [2.45, 2.75) is 30.9 Å². The Morgan fingerprint density at radius 2 is 2.37 bits per heavy atom. The fourth-order valence-electron chi connectivity index (χ4n) is 2.59. The van der Waals surface area contributed by atoms with Crippen LogP contribution in [0.5, 0.6) is 0 Å². The van der Waals surface area contributed by atoms with Gasteiger partial charge in [0.15, 0.2) is 6.23 Å². The van der Waals surface area contributed by atoms with E-state index in [0.717, 1.165) is 0 Å². The first-order chi connectivity index (χ1) is 8.98. The molecule has 104 valence electrons. The highest BCUT2D eigenvalue weighted by Gasteiger charge is 2.60. The molecule has 2 saturated heterocycles. The lowest BCUT2D eigenvalue weighted by atomic mass is 9.98. The molecule has 0 unspecified atom stereocenters. The SMILES string of the molecule is Cc1cn([C@@H]2O[C@@]3(CO)CO[C@@H]2[C@@H]3N)c(=O)[nH]c1=O. The molecule has 0 spiro atoms. The standard InChI is InChI=1S/C11H15N3O5/c1-5-2-14(10(17)13-8(5)16)9-6-7(12)11(3-15,19-9)4-18-6/h2,6-7,9,15H,3-4,12H2,1H3,(H,13,16,17)/t6-,7+,9-,11+/m1/s1. The summed E-state index contributed by atoms with van der Waals surface area (Å²) in [4.78, 5) is 25.4. The van der Waals surface area contributed by atoms with E-state index in [1.165, 1.54) is 10.8 Å². The first kappa shape index (κ1) is 12.5. The number of aryl methyl sites for hydroxylation is 1. The maximum Gasteiger partial charge on any atom is 0.330 e. The van der Waals surface area contributed by atoms with Gasteiger partial charge in [0.1, 0.15) is 11.7 Å². The first-order valence-corrected chi connectivity index (χ1v) is 5.96. The van der Waals surface area contributed by atoms with Crippen molar-refractivity contribution in [1.29, 1.82) is 0 Å². The van der Waals surface area contributed by atoms with Gasteiger partial charge in [-0.1, -0.05) is 0 Å². The van der Waals surface area contributed by atoms with Crippen LogP contribution in [0.4, 0.5) is 0 Å². The minimum atomic E-state index is -0.973. The van der Waals surface area contributed by atoms with Gasteiger partial charge in [-0.15, -0.1) is 0 Å². The summed E-state index contributed by atoms with van der Waals surface area (Å²) in [6.45, 7) is 1.51. The van der Waals surface area contributed by atoms with Crippen molar-refractivity contribution in [3.05, 3.63) is 32.6 Å². The zero-order valence-electron chi connectivity index (χ0n) is 10.3. The Balaban J connectivity index is 2.04. The zero-order chi connectivity index (χ0) is 13.8.